The van der Waals surface area contributed by atoms with Crippen LogP contribution in [-0.2, 0) is 0 Å². The molecule has 5 heteroatoms. The summed E-state index contributed by atoms with van der Waals surface area (Å²) in [6.07, 6.45) is 0. The van der Waals surface area contributed by atoms with Crippen molar-refractivity contribution in [1.82, 2.24) is 10.2 Å². The maximum Gasteiger partial charge on any atom is 0.276 e. The van der Waals surface area contributed by atoms with Gasteiger partial charge in [-0.1, -0.05) is 29.8 Å². The van der Waals surface area contributed by atoms with Gasteiger partial charge in [-0.25, -0.2) is 0 Å². The second-order valence-electron chi connectivity index (χ2n) is 5.62. The molecule has 0 spiro atoms. The van der Waals surface area contributed by atoms with Gasteiger partial charge < -0.3 is 10.6 Å². The van der Waals surface area contributed by atoms with Crippen molar-refractivity contribution in [1.29, 1.82) is 0 Å². The molecular formula is C19H18N4O. The van der Waals surface area contributed by atoms with E-state index < -0.39 is 0 Å². The van der Waals surface area contributed by atoms with Gasteiger partial charge in [-0.15, -0.1) is 10.2 Å². The summed E-state index contributed by atoms with van der Waals surface area (Å²) in [4.78, 5) is 12.2. The van der Waals surface area contributed by atoms with Crippen LogP contribution in [0.5, 0.6) is 0 Å². The Labute approximate surface area is 140 Å². The molecule has 0 bridgehead atoms. The van der Waals surface area contributed by atoms with Crippen LogP contribution in [0, 0.1) is 13.8 Å². The third-order valence-corrected chi connectivity index (χ3v) is 3.50. The maximum absolute atomic E-state index is 12.2. The van der Waals surface area contributed by atoms with Crippen LogP contribution in [0.2, 0.25) is 0 Å². The lowest BCUT2D eigenvalue weighted by atomic mass is 10.2. The summed E-state index contributed by atoms with van der Waals surface area (Å²) in [6, 6.07) is 18.9. The lowest BCUT2D eigenvalue weighted by molar-refractivity contribution is 0.102. The summed E-state index contributed by atoms with van der Waals surface area (Å²) in [5.41, 5.74) is 4.22. The summed E-state index contributed by atoms with van der Waals surface area (Å²) in [7, 11) is 0. The predicted octanol–water partition coefficient (Wildman–Crippen LogP) is 4.09. The topological polar surface area (TPSA) is 66.9 Å². The summed E-state index contributed by atoms with van der Waals surface area (Å²) >= 11 is 0. The van der Waals surface area contributed by atoms with Crippen LogP contribution < -0.4 is 10.6 Å². The number of benzene rings is 2. The van der Waals surface area contributed by atoms with Gasteiger partial charge in [-0.05, 0) is 55.8 Å². The third-order valence-electron chi connectivity index (χ3n) is 3.50. The van der Waals surface area contributed by atoms with Gasteiger partial charge in [0.15, 0.2) is 11.5 Å². The number of anilines is 3. The van der Waals surface area contributed by atoms with Gasteiger partial charge in [0.2, 0.25) is 0 Å². The van der Waals surface area contributed by atoms with E-state index in [4.69, 9.17) is 0 Å². The Morgan fingerprint density at radius 2 is 1.62 bits per heavy atom. The molecule has 1 amide bonds. The molecular weight excluding hydrogens is 300 g/mol. The van der Waals surface area contributed by atoms with Crippen molar-refractivity contribution < 1.29 is 4.79 Å². The lowest BCUT2D eigenvalue weighted by Crippen LogP contribution is -2.14. The fourth-order valence-corrected chi connectivity index (χ4v) is 2.22. The first-order valence-electron chi connectivity index (χ1n) is 7.65. The molecule has 0 saturated carbocycles. The molecule has 0 aliphatic carbocycles. The third kappa shape index (κ3) is 3.95. The normalized spacial score (nSPS) is 10.2. The van der Waals surface area contributed by atoms with Crippen LogP contribution in [0.3, 0.4) is 0 Å². The smallest absolute Gasteiger partial charge is 0.276 e. The van der Waals surface area contributed by atoms with Crippen molar-refractivity contribution >= 4 is 23.1 Å². The Hall–Kier alpha value is -3.21. The average molecular weight is 318 g/mol. The van der Waals surface area contributed by atoms with Gasteiger partial charge >= 0.3 is 0 Å². The minimum absolute atomic E-state index is 0.269. The molecule has 1 aromatic heterocycles. The molecule has 0 atom stereocenters. The molecule has 120 valence electrons. The van der Waals surface area contributed by atoms with Gasteiger partial charge in [-0.3, -0.25) is 4.79 Å². The van der Waals surface area contributed by atoms with E-state index in [2.05, 4.69) is 20.8 Å². The number of nitrogens with one attached hydrogen (secondary N) is 2. The quantitative estimate of drug-likeness (QED) is 0.760. The first-order valence-corrected chi connectivity index (χ1v) is 7.65. The zero-order chi connectivity index (χ0) is 16.9. The van der Waals surface area contributed by atoms with Crippen LogP contribution in [-0.4, -0.2) is 16.1 Å². The van der Waals surface area contributed by atoms with Crippen molar-refractivity contribution in [2.45, 2.75) is 13.8 Å². The first kappa shape index (κ1) is 15.7. The zero-order valence-electron chi connectivity index (χ0n) is 13.6. The zero-order valence-corrected chi connectivity index (χ0v) is 13.6. The molecule has 0 saturated heterocycles. The van der Waals surface area contributed by atoms with E-state index in [1.54, 1.807) is 12.1 Å². The second kappa shape index (κ2) is 6.91. The van der Waals surface area contributed by atoms with E-state index in [0.717, 1.165) is 22.5 Å². The standard InChI is InChI=1S/C19H18N4O/c1-13-6-8-15(9-7-13)21-19(24)17-10-11-18(23-22-17)20-16-5-3-4-14(2)12-16/h3-12H,1-2H3,(H,20,23)(H,21,24). The van der Waals surface area contributed by atoms with Gasteiger partial charge in [0.1, 0.15) is 0 Å². The van der Waals surface area contributed by atoms with E-state index in [1.807, 2.05) is 62.4 Å². The number of carbonyl (C=O) groups is 1. The summed E-state index contributed by atoms with van der Waals surface area (Å²) in [5, 5.41) is 14.0. The molecule has 1 heterocycles. The highest BCUT2D eigenvalue weighted by molar-refractivity contribution is 6.02. The monoisotopic (exact) mass is 318 g/mol. The van der Waals surface area contributed by atoms with Crippen LogP contribution in [0.1, 0.15) is 21.6 Å². The number of hydrogen-bond acceptors (Lipinski definition) is 4. The van der Waals surface area contributed by atoms with Crippen molar-refractivity contribution in [3.8, 4) is 0 Å². The molecule has 0 radical (unpaired) electrons. The minimum Gasteiger partial charge on any atom is -0.339 e. The Bertz CT molecular complexity index is 842. The SMILES string of the molecule is Cc1ccc(NC(=O)c2ccc(Nc3cccc(C)c3)nn2)cc1. The number of nitrogens with zero attached hydrogens (tertiary/aromatic N) is 2. The lowest BCUT2D eigenvalue weighted by Gasteiger charge is -2.07. The van der Waals surface area contributed by atoms with Crippen molar-refractivity contribution in [2.24, 2.45) is 0 Å². The van der Waals surface area contributed by atoms with Crippen LogP contribution in [0.15, 0.2) is 60.7 Å². The molecule has 24 heavy (non-hydrogen) atoms. The van der Waals surface area contributed by atoms with Crippen LogP contribution >= 0.6 is 0 Å². The van der Waals surface area contributed by atoms with Crippen LogP contribution in [0.4, 0.5) is 17.2 Å². The van der Waals surface area contributed by atoms with Crippen molar-refractivity contribution in [2.75, 3.05) is 10.6 Å². The van der Waals surface area contributed by atoms with Gasteiger partial charge in [0, 0.05) is 11.4 Å². The van der Waals surface area contributed by atoms with E-state index in [0.29, 0.717) is 5.82 Å². The fraction of sp³-hybridized carbons (Fsp3) is 0.105. The van der Waals surface area contributed by atoms with Gasteiger partial charge in [-0.2, -0.15) is 0 Å². The molecule has 0 unspecified atom stereocenters. The number of hydrogen-bond donors (Lipinski definition) is 2. The highest BCUT2D eigenvalue weighted by Gasteiger charge is 2.08. The summed E-state index contributed by atoms with van der Waals surface area (Å²) in [6.45, 7) is 4.02. The Morgan fingerprint density at radius 1 is 0.833 bits per heavy atom. The molecule has 3 rings (SSSR count). The van der Waals surface area contributed by atoms with E-state index >= 15 is 0 Å². The van der Waals surface area contributed by atoms with Gasteiger partial charge in [0.05, 0.1) is 0 Å². The van der Waals surface area contributed by atoms with Crippen molar-refractivity contribution in [3.05, 3.63) is 77.5 Å². The number of amides is 1. The molecule has 0 fully saturated rings. The van der Waals surface area contributed by atoms with Crippen LogP contribution in [0.25, 0.3) is 0 Å². The number of aryl methyl sites for hydroxylation is 2. The summed E-state index contributed by atoms with van der Waals surface area (Å²) in [5.74, 6) is 0.306. The van der Waals surface area contributed by atoms with E-state index in [1.165, 1.54) is 0 Å². The highest BCUT2D eigenvalue weighted by atomic mass is 16.1. The van der Waals surface area contributed by atoms with E-state index in [-0.39, 0.29) is 11.6 Å². The molecule has 5 nitrogen and oxygen atoms in total. The fourth-order valence-electron chi connectivity index (χ4n) is 2.22. The predicted molar refractivity (Wildman–Crippen MR) is 95.6 cm³/mol. The van der Waals surface area contributed by atoms with Crippen molar-refractivity contribution in [3.63, 3.8) is 0 Å². The molecule has 0 aliphatic heterocycles. The molecule has 2 aromatic carbocycles. The van der Waals surface area contributed by atoms with E-state index in [9.17, 15) is 4.79 Å². The van der Waals surface area contributed by atoms with Gasteiger partial charge in [0.25, 0.3) is 5.91 Å². The average Bonchev–Trinajstić information content (AvgIpc) is 2.57. The minimum atomic E-state index is -0.284. The molecule has 0 aliphatic rings. The Balaban J connectivity index is 1.67. The molecule has 3 aromatic rings. The first-order chi connectivity index (χ1) is 11.6. The Morgan fingerprint density at radius 3 is 2.29 bits per heavy atom. The maximum atomic E-state index is 12.2. The second-order valence-corrected chi connectivity index (χ2v) is 5.62. The number of carbonyl (C=O) groups excluding carboxylic acids is 1. The highest BCUT2D eigenvalue weighted by Crippen LogP contribution is 2.15. The number of aromatic nitrogens is 2. The summed E-state index contributed by atoms with van der Waals surface area (Å²) < 4.78 is 0. The Kier molecular flexibility index (Phi) is 4.52. The number of rotatable bonds is 4. The molecule has 2 N–H and O–H groups in total. The largest absolute Gasteiger partial charge is 0.339 e.